The SMILES string of the molecule is CC(C)Oc1ccc(C(C)Nc2cccnc2)cc1. The van der Waals surface area contributed by atoms with Crippen molar-refractivity contribution in [3.8, 4) is 5.75 Å². The first-order chi connectivity index (χ1) is 9.15. The zero-order valence-electron chi connectivity index (χ0n) is 11.6. The molecule has 1 aromatic carbocycles. The number of aromatic nitrogens is 1. The number of benzene rings is 1. The van der Waals surface area contributed by atoms with Gasteiger partial charge in [0.05, 0.1) is 11.8 Å². The van der Waals surface area contributed by atoms with Gasteiger partial charge in [-0.15, -0.1) is 0 Å². The first-order valence-corrected chi connectivity index (χ1v) is 6.58. The van der Waals surface area contributed by atoms with Crippen molar-refractivity contribution >= 4 is 5.69 Å². The maximum atomic E-state index is 5.64. The molecule has 1 unspecified atom stereocenters. The molecular formula is C16H20N2O. The summed E-state index contributed by atoms with van der Waals surface area (Å²) in [4.78, 5) is 4.10. The molecule has 0 amide bonds. The van der Waals surface area contributed by atoms with Gasteiger partial charge < -0.3 is 10.1 Å². The Morgan fingerprint density at radius 1 is 1.05 bits per heavy atom. The van der Waals surface area contributed by atoms with Crippen LogP contribution in [0, 0.1) is 0 Å². The molecule has 0 saturated carbocycles. The predicted molar refractivity (Wildman–Crippen MR) is 78.5 cm³/mol. The van der Waals surface area contributed by atoms with E-state index in [1.165, 1.54) is 5.56 Å². The molecular weight excluding hydrogens is 236 g/mol. The molecule has 0 aliphatic rings. The molecule has 1 heterocycles. The van der Waals surface area contributed by atoms with Crippen LogP contribution >= 0.6 is 0 Å². The lowest BCUT2D eigenvalue weighted by Gasteiger charge is -2.16. The highest BCUT2D eigenvalue weighted by Gasteiger charge is 2.06. The number of hydrogen-bond acceptors (Lipinski definition) is 3. The molecule has 19 heavy (non-hydrogen) atoms. The third kappa shape index (κ3) is 3.98. The summed E-state index contributed by atoms with van der Waals surface area (Å²) >= 11 is 0. The molecule has 0 aliphatic heterocycles. The van der Waals surface area contributed by atoms with Gasteiger partial charge in [-0.3, -0.25) is 4.98 Å². The first kappa shape index (κ1) is 13.4. The van der Waals surface area contributed by atoms with Crippen molar-refractivity contribution in [2.24, 2.45) is 0 Å². The lowest BCUT2D eigenvalue weighted by atomic mass is 10.1. The second kappa shape index (κ2) is 6.23. The maximum absolute atomic E-state index is 5.64. The molecule has 0 saturated heterocycles. The summed E-state index contributed by atoms with van der Waals surface area (Å²) in [7, 11) is 0. The monoisotopic (exact) mass is 256 g/mol. The van der Waals surface area contributed by atoms with Crippen LogP contribution in [-0.4, -0.2) is 11.1 Å². The van der Waals surface area contributed by atoms with Gasteiger partial charge in [-0.25, -0.2) is 0 Å². The maximum Gasteiger partial charge on any atom is 0.119 e. The molecule has 0 radical (unpaired) electrons. The zero-order chi connectivity index (χ0) is 13.7. The Labute approximate surface area is 114 Å². The predicted octanol–water partition coefficient (Wildman–Crippen LogP) is 4.04. The van der Waals surface area contributed by atoms with Crippen LogP contribution in [0.4, 0.5) is 5.69 Å². The number of pyridine rings is 1. The van der Waals surface area contributed by atoms with Crippen LogP contribution in [0.2, 0.25) is 0 Å². The van der Waals surface area contributed by atoms with Crippen molar-refractivity contribution in [3.63, 3.8) is 0 Å². The molecule has 3 nitrogen and oxygen atoms in total. The van der Waals surface area contributed by atoms with Gasteiger partial charge >= 0.3 is 0 Å². The van der Waals surface area contributed by atoms with Gasteiger partial charge in [0.25, 0.3) is 0 Å². The summed E-state index contributed by atoms with van der Waals surface area (Å²) in [5, 5.41) is 3.42. The van der Waals surface area contributed by atoms with E-state index in [2.05, 4.69) is 29.4 Å². The van der Waals surface area contributed by atoms with E-state index in [0.717, 1.165) is 11.4 Å². The van der Waals surface area contributed by atoms with Crippen molar-refractivity contribution in [1.82, 2.24) is 4.98 Å². The lowest BCUT2D eigenvalue weighted by molar-refractivity contribution is 0.242. The number of anilines is 1. The fraction of sp³-hybridized carbons (Fsp3) is 0.312. The van der Waals surface area contributed by atoms with Gasteiger partial charge in [-0.2, -0.15) is 0 Å². The minimum absolute atomic E-state index is 0.205. The van der Waals surface area contributed by atoms with E-state index in [4.69, 9.17) is 4.74 Å². The van der Waals surface area contributed by atoms with E-state index in [0.29, 0.717) is 0 Å². The second-order valence-corrected chi connectivity index (χ2v) is 4.84. The normalized spacial score (nSPS) is 12.2. The van der Waals surface area contributed by atoms with Gasteiger partial charge in [0.1, 0.15) is 5.75 Å². The molecule has 2 aromatic rings. The molecule has 0 spiro atoms. The Morgan fingerprint density at radius 2 is 1.79 bits per heavy atom. The highest BCUT2D eigenvalue weighted by atomic mass is 16.5. The van der Waals surface area contributed by atoms with Gasteiger partial charge in [0.2, 0.25) is 0 Å². The van der Waals surface area contributed by atoms with E-state index in [1.54, 1.807) is 6.20 Å². The van der Waals surface area contributed by atoms with Crippen LogP contribution in [0.3, 0.4) is 0 Å². The fourth-order valence-electron chi connectivity index (χ4n) is 1.89. The highest BCUT2D eigenvalue weighted by molar-refractivity contribution is 5.43. The molecule has 0 aliphatic carbocycles. The van der Waals surface area contributed by atoms with E-state index in [1.807, 2.05) is 44.3 Å². The number of hydrogen-bond donors (Lipinski definition) is 1. The van der Waals surface area contributed by atoms with Crippen molar-refractivity contribution in [3.05, 3.63) is 54.4 Å². The minimum Gasteiger partial charge on any atom is -0.491 e. The second-order valence-electron chi connectivity index (χ2n) is 4.84. The Balaban J connectivity index is 2.01. The van der Waals surface area contributed by atoms with Crippen LogP contribution in [0.25, 0.3) is 0 Å². The smallest absolute Gasteiger partial charge is 0.119 e. The molecule has 2 rings (SSSR count). The Kier molecular flexibility index (Phi) is 4.39. The van der Waals surface area contributed by atoms with Crippen LogP contribution in [0.15, 0.2) is 48.8 Å². The Morgan fingerprint density at radius 3 is 2.37 bits per heavy atom. The fourth-order valence-corrected chi connectivity index (χ4v) is 1.89. The summed E-state index contributed by atoms with van der Waals surface area (Å²) in [5.41, 5.74) is 2.25. The molecule has 100 valence electrons. The molecule has 1 aromatic heterocycles. The summed E-state index contributed by atoms with van der Waals surface area (Å²) in [6.07, 6.45) is 3.80. The average molecular weight is 256 g/mol. The quantitative estimate of drug-likeness (QED) is 0.876. The molecule has 3 heteroatoms. The average Bonchev–Trinajstić information content (AvgIpc) is 2.40. The van der Waals surface area contributed by atoms with Gasteiger partial charge in [-0.05, 0) is 50.6 Å². The third-order valence-electron chi connectivity index (χ3n) is 2.80. The first-order valence-electron chi connectivity index (χ1n) is 6.58. The Hall–Kier alpha value is -2.03. The van der Waals surface area contributed by atoms with E-state index >= 15 is 0 Å². The summed E-state index contributed by atoms with van der Waals surface area (Å²) in [6.45, 7) is 6.19. The summed E-state index contributed by atoms with van der Waals surface area (Å²) in [5.74, 6) is 0.910. The van der Waals surface area contributed by atoms with Crippen LogP contribution in [0.1, 0.15) is 32.4 Å². The largest absolute Gasteiger partial charge is 0.491 e. The Bertz CT molecular complexity index is 494. The zero-order valence-corrected chi connectivity index (χ0v) is 11.6. The number of rotatable bonds is 5. The van der Waals surface area contributed by atoms with E-state index in [9.17, 15) is 0 Å². The van der Waals surface area contributed by atoms with Gasteiger partial charge in [0.15, 0.2) is 0 Å². The lowest BCUT2D eigenvalue weighted by Crippen LogP contribution is -2.08. The van der Waals surface area contributed by atoms with Crippen molar-refractivity contribution in [1.29, 1.82) is 0 Å². The minimum atomic E-state index is 0.205. The molecule has 1 N–H and O–H groups in total. The molecule has 0 bridgehead atoms. The molecule has 1 atom stereocenters. The van der Waals surface area contributed by atoms with Crippen LogP contribution < -0.4 is 10.1 Å². The van der Waals surface area contributed by atoms with Gasteiger partial charge in [-0.1, -0.05) is 12.1 Å². The topological polar surface area (TPSA) is 34.1 Å². The van der Waals surface area contributed by atoms with E-state index < -0.39 is 0 Å². The third-order valence-corrected chi connectivity index (χ3v) is 2.80. The number of ether oxygens (including phenoxy) is 1. The van der Waals surface area contributed by atoms with Crippen molar-refractivity contribution < 1.29 is 4.74 Å². The van der Waals surface area contributed by atoms with Crippen LogP contribution in [0.5, 0.6) is 5.75 Å². The summed E-state index contributed by atoms with van der Waals surface area (Å²) in [6, 6.07) is 12.4. The summed E-state index contributed by atoms with van der Waals surface area (Å²) < 4.78 is 5.64. The van der Waals surface area contributed by atoms with E-state index in [-0.39, 0.29) is 12.1 Å². The number of nitrogens with zero attached hydrogens (tertiary/aromatic N) is 1. The number of nitrogens with one attached hydrogen (secondary N) is 1. The van der Waals surface area contributed by atoms with Gasteiger partial charge in [0, 0.05) is 18.4 Å². The highest BCUT2D eigenvalue weighted by Crippen LogP contribution is 2.21. The standard InChI is InChI=1S/C16H20N2O/c1-12(2)19-16-8-6-14(7-9-16)13(3)18-15-5-4-10-17-11-15/h4-13,18H,1-3H3. The van der Waals surface area contributed by atoms with Crippen molar-refractivity contribution in [2.75, 3.05) is 5.32 Å². The van der Waals surface area contributed by atoms with Crippen LogP contribution in [-0.2, 0) is 0 Å². The van der Waals surface area contributed by atoms with Crippen molar-refractivity contribution in [2.45, 2.75) is 32.9 Å². The molecule has 0 fully saturated rings.